The van der Waals surface area contributed by atoms with Gasteiger partial charge in [0.2, 0.25) is 0 Å². The van der Waals surface area contributed by atoms with Crippen LogP contribution in [0.2, 0.25) is 13.1 Å². The summed E-state index contributed by atoms with van der Waals surface area (Å²) in [5.74, 6) is 1.07. The van der Waals surface area contributed by atoms with Crippen molar-refractivity contribution in [2.45, 2.75) is 52.6 Å². The number of hydrogen-bond donors (Lipinski definition) is 0. The Morgan fingerprint density at radius 2 is 1.08 bits per heavy atom. The van der Waals surface area contributed by atoms with Gasteiger partial charge < -0.3 is 0 Å². The number of hydrogen-bond acceptors (Lipinski definition) is 0. The van der Waals surface area contributed by atoms with Gasteiger partial charge >= 0.3 is 0 Å². The Balaban J connectivity index is 1.86. The molecule has 2 atom stereocenters. The van der Waals surface area contributed by atoms with Crippen LogP contribution < -0.4 is 0 Å². The van der Waals surface area contributed by atoms with E-state index in [-0.39, 0.29) is 5.41 Å². The molecule has 1 heteroatoms. The Labute approximate surface area is 158 Å². The van der Waals surface area contributed by atoms with Crippen molar-refractivity contribution in [2.75, 3.05) is 0 Å². The van der Waals surface area contributed by atoms with E-state index in [1.54, 1.807) is 43.8 Å². The highest BCUT2D eigenvalue weighted by Crippen LogP contribution is 2.65. The van der Waals surface area contributed by atoms with Gasteiger partial charge in [0.25, 0.3) is 0 Å². The van der Waals surface area contributed by atoms with Crippen molar-refractivity contribution in [3.05, 3.63) is 81.9 Å². The molecule has 2 unspecified atom stereocenters. The summed E-state index contributed by atoms with van der Waals surface area (Å²) in [6.45, 7) is 15.0. The largest absolute Gasteiger partial charge is 0.113 e. The maximum atomic E-state index is 2.59. The maximum absolute atomic E-state index is 2.59. The molecule has 2 aliphatic carbocycles. The number of fused-ring (bicyclic) bond motifs is 4. The summed E-state index contributed by atoms with van der Waals surface area (Å²) in [6.07, 6.45) is 0. The summed E-state index contributed by atoms with van der Waals surface area (Å²) in [6, 6.07) is 18.4. The molecule has 0 N–H and O–H groups in total. The summed E-state index contributed by atoms with van der Waals surface area (Å²) in [7, 11) is -1.77. The van der Waals surface area contributed by atoms with Gasteiger partial charge in [-0.25, -0.2) is 0 Å². The van der Waals surface area contributed by atoms with Crippen molar-refractivity contribution in [2.24, 2.45) is 5.41 Å². The molecule has 0 radical (unpaired) electrons. The van der Waals surface area contributed by atoms with Crippen LogP contribution in [0, 0.1) is 5.41 Å². The van der Waals surface area contributed by atoms with Crippen molar-refractivity contribution in [3.8, 4) is 0 Å². The lowest BCUT2D eigenvalue weighted by Crippen LogP contribution is -2.39. The zero-order valence-electron chi connectivity index (χ0n) is 16.8. The maximum Gasteiger partial charge on any atom is 0.113 e. The number of benzene rings is 2. The molecule has 0 saturated heterocycles. The van der Waals surface area contributed by atoms with Crippen LogP contribution in [0.3, 0.4) is 0 Å². The van der Waals surface area contributed by atoms with Gasteiger partial charge in [-0.3, -0.25) is 0 Å². The molecule has 0 bridgehead atoms. The van der Waals surface area contributed by atoms with Crippen molar-refractivity contribution in [3.63, 3.8) is 0 Å². The van der Waals surface area contributed by atoms with Gasteiger partial charge in [0.1, 0.15) is 8.07 Å². The average Bonchev–Trinajstić information content (AvgIpc) is 3.09. The second-order valence-electron chi connectivity index (χ2n) is 9.45. The van der Waals surface area contributed by atoms with E-state index < -0.39 is 8.07 Å². The standard InChI is InChI=1S/C25H28Si/c1-15-17-11-7-9-13-19(17)23-21(15)25(3,4)22-16(2)18-12-8-10-14-20(18)24(22)26(23,5)6/h7-16H,1-6H3. The van der Waals surface area contributed by atoms with Crippen LogP contribution in [-0.2, 0) is 0 Å². The third-order valence-corrected chi connectivity index (χ3v) is 11.0. The molecule has 3 aliphatic rings. The first kappa shape index (κ1) is 16.3. The lowest BCUT2D eigenvalue weighted by Gasteiger charge is -2.45. The fourth-order valence-corrected chi connectivity index (χ4v) is 11.0. The van der Waals surface area contributed by atoms with Gasteiger partial charge in [0.15, 0.2) is 0 Å². The van der Waals surface area contributed by atoms with Crippen molar-refractivity contribution >= 4 is 18.5 Å². The highest BCUT2D eigenvalue weighted by Gasteiger charge is 2.54. The smallest absolute Gasteiger partial charge is 0.0619 e. The summed E-state index contributed by atoms with van der Waals surface area (Å²) in [5, 5.41) is 3.46. The van der Waals surface area contributed by atoms with Gasteiger partial charge in [-0.1, -0.05) is 100 Å². The Morgan fingerprint density at radius 1 is 0.692 bits per heavy atom. The molecule has 5 rings (SSSR count). The second-order valence-corrected chi connectivity index (χ2v) is 13.7. The summed E-state index contributed by atoms with van der Waals surface area (Å²) >= 11 is 0. The Kier molecular flexibility index (Phi) is 3.07. The van der Waals surface area contributed by atoms with Crippen LogP contribution in [0.4, 0.5) is 0 Å². The van der Waals surface area contributed by atoms with E-state index in [1.807, 2.05) is 0 Å². The fourth-order valence-electron chi connectivity index (χ4n) is 6.56. The van der Waals surface area contributed by atoms with Crippen LogP contribution >= 0.6 is 0 Å². The van der Waals surface area contributed by atoms with Crippen LogP contribution in [0.1, 0.15) is 61.8 Å². The first-order chi connectivity index (χ1) is 12.3. The van der Waals surface area contributed by atoms with Crippen molar-refractivity contribution in [1.29, 1.82) is 0 Å². The first-order valence-electron chi connectivity index (χ1n) is 9.96. The highest BCUT2D eigenvalue weighted by molar-refractivity contribution is 7.09. The third kappa shape index (κ3) is 1.71. The molecule has 0 fully saturated rings. The van der Waals surface area contributed by atoms with Crippen molar-refractivity contribution in [1.82, 2.24) is 0 Å². The normalized spacial score (nSPS) is 27.2. The van der Waals surface area contributed by atoms with Crippen LogP contribution in [0.25, 0.3) is 10.4 Å². The summed E-state index contributed by atoms with van der Waals surface area (Å²) in [5.41, 5.74) is 9.75. The van der Waals surface area contributed by atoms with Crippen LogP contribution in [-0.4, -0.2) is 8.07 Å². The fraction of sp³-hybridized carbons (Fsp3) is 0.360. The van der Waals surface area contributed by atoms with Crippen LogP contribution in [0.5, 0.6) is 0 Å². The SMILES string of the molecule is CC1C2=C(c3ccccc31)[Si](C)(C)C1=C(C(C)c3ccccc31)C2(C)C. The van der Waals surface area contributed by atoms with E-state index in [4.69, 9.17) is 0 Å². The van der Waals surface area contributed by atoms with E-state index in [2.05, 4.69) is 89.3 Å². The van der Waals surface area contributed by atoms with E-state index in [9.17, 15) is 0 Å². The predicted molar refractivity (Wildman–Crippen MR) is 115 cm³/mol. The molecular weight excluding hydrogens is 328 g/mol. The molecule has 0 amide bonds. The van der Waals surface area contributed by atoms with Gasteiger partial charge in [-0.05, 0) is 32.6 Å². The minimum Gasteiger partial charge on any atom is -0.0619 e. The van der Waals surface area contributed by atoms with Gasteiger partial charge in [-0.15, -0.1) is 0 Å². The first-order valence-corrected chi connectivity index (χ1v) is 13.0. The van der Waals surface area contributed by atoms with Crippen molar-refractivity contribution < 1.29 is 0 Å². The molecule has 0 spiro atoms. The summed E-state index contributed by atoms with van der Waals surface area (Å²) < 4.78 is 0. The molecule has 1 heterocycles. The molecule has 0 aromatic heterocycles. The third-order valence-electron chi connectivity index (χ3n) is 7.39. The Hall–Kier alpha value is -1.86. The topological polar surface area (TPSA) is 0 Å². The number of allylic oxidation sites excluding steroid dienone is 2. The van der Waals surface area contributed by atoms with Gasteiger partial charge in [0.05, 0.1) is 0 Å². The monoisotopic (exact) mass is 356 g/mol. The average molecular weight is 357 g/mol. The summed E-state index contributed by atoms with van der Waals surface area (Å²) in [4.78, 5) is 0. The van der Waals surface area contributed by atoms with E-state index in [0.717, 1.165) is 0 Å². The Morgan fingerprint density at radius 3 is 1.50 bits per heavy atom. The minimum atomic E-state index is -1.77. The highest BCUT2D eigenvalue weighted by atomic mass is 28.3. The molecule has 1 aliphatic heterocycles. The zero-order valence-corrected chi connectivity index (χ0v) is 17.8. The lowest BCUT2D eigenvalue weighted by atomic mass is 9.69. The van der Waals surface area contributed by atoms with Gasteiger partial charge in [0, 0.05) is 17.3 Å². The predicted octanol–water partition coefficient (Wildman–Crippen LogP) is 6.95. The quantitative estimate of drug-likeness (QED) is 0.448. The van der Waals surface area contributed by atoms with E-state index in [1.165, 1.54) is 0 Å². The Bertz CT molecular complexity index is 936. The second kappa shape index (κ2) is 4.89. The molecule has 0 nitrogen and oxygen atoms in total. The zero-order chi connectivity index (χ0) is 18.4. The van der Waals surface area contributed by atoms with E-state index in [0.29, 0.717) is 11.8 Å². The molecule has 26 heavy (non-hydrogen) atoms. The van der Waals surface area contributed by atoms with Gasteiger partial charge in [-0.2, -0.15) is 0 Å². The molecule has 0 saturated carbocycles. The van der Waals surface area contributed by atoms with Crippen LogP contribution in [0.15, 0.2) is 59.7 Å². The minimum absolute atomic E-state index is 0.129. The van der Waals surface area contributed by atoms with E-state index >= 15 is 0 Å². The lowest BCUT2D eigenvalue weighted by molar-refractivity contribution is 0.483. The molecule has 2 aromatic rings. The molecule has 132 valence electrons. The molecular formula is C25H28Si. The molecule has 2 aromatic carbocycles. The number of rotatable bonds is 0.